The molecule has 8 nitrogen and oxygen atoms in total. The molecule has 0 saturated heterocycles. The molecule has 0 bridgehead atoms. The zero-order chi connectivity index (χ0) is 24.5. The van der Waals surface area contributed by atoms with Gasteiger partial charge in [-0.1, -0.05) is 18.2 Å². The second-order valence-electron chi connectivity index (χ2n) is 8.42. The third-order valence-electron chi connectivity index (χ3n) is 5.72. The van der Waals surface area contributed by atoms with E-state index in [0.717, 1.165) is 30.0 Å². The molecule has 2 aromatic carbocycles. The predicted octanol–water partition coefficient (Wildman–Crippen LogP) is 4.04. The number of nitrogens with zero attached hydrogens (tertiary/aromatic N) is 3. The highest BCUT2D eigenvalue weighted by Crippen LogP contribution is 2.32. The van der Waals surface area contributed by atoms with Gasteiger partial charge in [-0.3, -0.25) is 4.79 Å². The molecule has 0 aliphatic heterocycles. The number of nitrogens with one attached hydrogen (secondary N) is 2. The van der Waals surface area contributed by atoms with Crippen LogP contribution in [-0.2, 0) is 0 Å². The van der Waals surface area contributed by atoms with Gasteiger partial charge in [-0.25, -0.2) is 4.39 Å². The first-order valence-corrected chi connectivity index (χ1v) is 11.3. The molecule has 0 spiro atoms. The summed E-state index contributed by atoms with van der Waals surface area (Å²) < 4.78 is 35.1. The van der Waals surface area contributed by atoms with Crippen LogP contribution >= 0.6 is 0 Å². The molecule has 4 N–H and O–H groups in total. The Hall–Kier alpha value is -4.05. The molecule has 0 unspecified atom stereocenters. The molecule has 180 valence electrons. The van der Waals surface area contributed by atoms with Gasteiger partial charge in [-0.15, -0.1) is 0 Å². The largest absolute Gasteiger partial charge is 0.436 e. The minimum Gasteiger partial charge on any atom is -0.436 e. The third kappa shape index (κ3) is 4.65. The molecule has 1 amide bonds. The second-order valence-corrected chi connectivity index (χ2v) is 8.42. The van der Waals surface area contributed by atoms with Gasteiger partial charge in [0, 0.05) is 36.3 Å². The summed E-state index contributed by atoms with van der Waals surface area (Å²) in [5.41, 5.74) is 8.99. The number of aryl methyl sites for hydroxylation is 1. The Kier molecular flexibility index (Phi) is 6.04. The average Bonchev–Trinajstić information content (AvgIpc) is 3.55. The van der Waals surface area contributed by atoms with E-state index in [1.54, 1.807) is 22.8 Å². The van der Waals surface area contributed by atoms with Crippen molar-refractivity contribution in [1.29, 1.82) is 0 Å². The van der Waals surface area contributed by atoms with Crippen molar-refractivity contribution in [2.75, 3.05) is 18.4 Å². The highest BCUT2D eigenvalue weighted by Gasteiger charge is 2.24. The van der Waals surface area contributed by atoms with Crippen LogP contribution < -0.4 is 21.1 Å². The predicted molar refractivity (Wildman–Crippen MR) is 128 cm³/mol. The van der Waals surface area contributed by atoms with Gasteiger partial charge in [-0.05, 0) is 49.1 Å². The molecule has 2 aromatic heterocycles. The second kappa shape index (κ2) is 9.30. The fourth-order valence-corrected chi connectivity index (χ4v) is 3.77. The molecule has 5 rings (SSSR count). The first kappa shape index (κ1) is 22.7. The summed E-state index contributed by atoms with van der Waals surface area (Å²) in [6.07, 6.45) is 3.68. The van der Waals surface area contributed by atoms with Gasteiger partial charge in [0.05, 0.1) is 6.20 Å². The Morgan fingerprint density at radius 1 is 1.23 bits per heavy atom. The molecule has 1 saturated carbocycles. The van der Waals surface area contributed by atoms with E-state index in [1.807, 2.05) is 19.1 Å². The number of carbonyl (C=O) groups excluding carboxylic acids is 1. The van der Waals surface area contributed by atoms with Gasteiger partial charge in [0.2, 0.25) is 11.7 Å². The summed E-state index contributed by atoms with van der Waals surface area (Å²) in [7, 11) is 0. The zero-order valence-corrected chi connectivity index (χ0v) is 19.0. The number of carbonyl (C=O) groups is 1. The van der Waals surface area contributed by atoms with E-state index < -0.39 is 11.6 Å². The number of nitrogens with two attached hydrogens (primary N) is 1. The summed E-state index contributed by atoms with van der Waals surface area (Å²) in [6, 6.07) is 11.0. The van der Waals surface area contributed by atoms with Crippen molar-refractivity contribution in [1.82, 2.24) is 19.9 Å². The molecule has 0 atom stereocenters. The molecule has 2 heterocycles. The number of hydrogen-bond donors (Lipinski definition) is 3. The molecule has 1 fully saturated rings. The summed E-state index contributed by atoms with van der Waals surface area (Å²) >= 11 is 0. The molecule has 1 aliphatic carbocycles. The topological polar surface area (TPSA) is 107 Å². The lowest BCUT2D eigenvalue weighted by Gasteiger charge is -2.12. The highest BCUT2D eigenvalue weighted by atomic mass is 19.2. The van der Waals surface area contributed by atoms with Crippen LogP contribution in [-0.4, -0.2) is 39.6 Å². The Morgan fingerprint density at radius 3 is 2.80 bits per heavy atom. The van der Waals surface area contributed by atoms with Crippen LogP contribution in [0.15, 0.2) is 48.7 Å². The van der Waals surface area contributed by atoms with E-state index in [9.17, 15) is 13.6 Å². The summed E-state index contributed by atoms with van der Waals surface area (Å²) in [5.74, 6) is -1.91. The maximum absolute atomic E-state index is 14.2. The average molecular weight is 479 g/mol. The summed E-state index contributed by atoms with van der Waals surface area (Å²) in [5, 5.41) is 10.6. The maximum atomic E-state index is 14.2. The number of anilines is 1. The van der Waals surface area contributed by atoms with Crippen molar-refractivity contribution in [3.05, 3.63) is 71.4 Å². The quantitative estimate of drug-likeness (QED) is 0.353. The molecule has 35 heavy (non-hydrogen) atoms. The van der Waals surface area contributed by atoms with Gasteiger partial charge >= 0.3 is 0 Å². The fourth-order valence-electron chi connectivity index (χ4n) is 3.77. The first-order valence-electron chi connectivity index (χ1n) is 11.3. The number of fused-ring (bicyclic) bond motifs is 1. The lowest BCUT2D eigenvalue weighted by molar-refractivity contribution is 0.0950. The van der Waals surface area contributed by atoms with Crippen LogP contribution in [0, 0.1) is 18.6 Å². The monoisotopic (exact) mass is 478 g/mol. The Labute approximate surface area is 200 Å². The van der Waals surface area contributed by atoms with Crippen LogP contribution in [0.25, 0.3) is 16.8 Å². The highest BCUT2D eigenvalue weighted by molar-refractivity contribution is 5.97. The van der Waals surface area contributed by atoms with E-state index in [1.165, 1.54) is 12.1 Å². The number of ether oxygens (including phenoxy) is 1. The van der Waals surface area contributed by atoms with Gasteiger partial charge in [-0.2, -0.15) is 19.0 Å². The molecular formula is C25H24F2N6O2. The molecule has 1 aliphatic rings. The minimum atomic E-state index is -1.10. The molecule has 0 radical (unpaired) electrons. The van der Waals surface area contributed by atoms with Crippen LogP contribution in [0.4, 0.5) is 14.6 Å². The van der Waals surface area contributed by atoms with Crippen molar-refractivity contribution in [3.8, 4) is 22.8 Å². The van der Waals surface area contributed by atoms with Crippen molar-refractivity contribution in [2.24, 2.45) is 5.73 Å². The van der Waals surface area contributed by atoms with Gasteiger partial charge in [0.1, 0.15) is 5.82 Å². The molecule has 4 aromatic rings. The van der Waals surface area contributed by atoms with E-state index in [-0.39, 0.29) is 23.6 Å². The first-order chi connectivity index (χ1) is 16.9. The van der Waals surface area contributed by atoms with Crippen LogP contribution in [0.2, 0.25) is 0 Å². The number of aromatic nitrogens is 3. The number of amides is 1. The Morgan fingerprint density at radius 2 is 2.06 bits per heavy atom. The van der Waals surface area contributed by atoms with Gasteiger partial charge in [0.15, 0.2) is 17.2 Å². The lowest BCUT2D eigenvalue weighted by atomic mass is 10.0. The van der Waals surface area contributed by atoms with Crippen LogP contribution in [0.5, 0.6) is 11.6 Å². The van der Waals surface area contributed by atoms with Crippen LogP contribution in [0.3, 0.4) is 0 Å². The van der Waals surface area contributed by atoms with Gasteiger partial charge < -0.3 is 21.1 Å². The number of halogens is 2. The normalized spacial score (nSPS) is 13.1. The van der Waals surface area contributed by atoms with E-state index in [4.69, 9.17) is 10.5 Å². The zero-order valence-electron chi connectivity index (χ0n) is 19.0. The lowest BCUT2D eigenvalue weighted by Crippen LogP contribution is -2.26. The minimum absolute atomic E-state index is 0.0559. The Balaban J connectivity index is 1.54. The smallest absolute Gasteiger partial charge is 0.251 e. The number of hydrogen-bond acceptors (Lipinski definition) is 6. The molecule has 10 heteroatoms. The number of rotatable bonds is 8. The van der Waals surface area contributed by atoms with Gasteiger partial charge in [0.25, 0.3) is 5.91 Å². The molecular weight excluding hydrogens is 454 g/mol. The maximum Gasteiger partial charge on any atom is 0.251 e. The third-order valence-corrected chi connectivity index (χ3v) is 5.72. The van der Waals surface area contributed by atoms with Crippen molar-refractivity contribution in [3.63, 3.8) is 0 Å². The SMILES string of the molecule is Cc1cc(-c2cnn3c(NCCN)cc(Oc4cccc(F)c4F)nc23)ccc1C(=O)NC1CC1. The summed E-state index contributed by atoms with van der Waals surface area (Å²) in [6.45, 7) is 2.70. The van der Waals surface area contributed by atoms with Crippen molar-refractivity contribution < 1.29 is 18.3 Å². The van der Waals surface area contributed by atoms with Crippen molar-refractivity contribution in [2.45, 2.75) is 25.8 Å². The standard InChI is InChI=1S/C25H24F2N6O2/c1-14-11-15(5-8-17(14)25(34)31-16-6-7-16)18-13-30-33-21(29-10-9-28)12-22(32-24(18)33)35-20-4-2-3-19(26)23(20)27/h2-5,8,11-13,16,29H,6-7,9-10,28H2,1H3,(H,31,34). The summed E-state index contributed by atoms with van der Waals surface area (Å²) in [4.78, 5) is 17.0. The fraction of sp³-hybridized carbons (Fsp3) is 0.240. The van der Waals surface area contributed by atoms with Crippen molar-refractivity contribution >= 4 is 17.4 Å². The van der Waals surface area contributed by atoms with E-state index >= 15 is 0 Å². The Bertz CT molecular complexity index is 1420. The number of benzene rings is 2. The van der Waals surface area contributed by atoms with E-state index in [2.05, 4.69) is 20.7 Å². The van der Waals surface area contributed by atoms with Crippen LogP contribution in [0.1, 0.15) is 28.8 Å². The van der Waals surface area contributed by atoms with E-state index in [0.29, 0.717) is 35.7 Å².